The Hall–Kier alpha value is -1.30. The Balaban J connectivity index is 2.05. The Morgan fingerprint density at radius 1 is 1.35 bits per heavy atom. The number of carbonyl (C=O) groups excluding carboxylic acids is 1. The summed E-state index contributed by atoms with van der Waals surface area (Å²) in [5.41, 5.74) is 5.91. The summed E-state index contributed by atoms with van der Waals surface area (Å²) in [6.07, 6.45) is 4.60. The highest BCUT2D eigenvalue weighted by Crippen LogP contribution is 2.27. The Morgan fingerprint density at radius 3 is 2.60 bits per heavy atom. The minimum absolute atomic E-state index is 0.0412. The van der Waals surface area contributed by atoms with Crippen LogP contribution in [-0.2, 0) is 0 Å². The molecule has 0 unspecified atom stereocenters. The molecule has 112 valence electrons. The number of nitrogens with one attached hydrogen (secondary N) is 1. The van der Waals surface area contributed by atoms with Crippen LogP contribution in [0.3, 0.4) is 0 Å². The smallest absolute Gasteiger partial charge is 0.267 e. The highest BCUT2D eigenvalue weighted by atomic mass is 32.1. The van der Waals surface area contributed by atoms with E-state index in [1.54, 1.807) is 0 Å². The van der Waals surface area contributed by atoms with Gasteiger partial charge >= 0.3 is 0 Å². The van der Waals surface area contributed by atoms with Crippen molar-refractivity contribution in [3.05, 3.63) is 4.88 Å². The maximum absolute atomic E-state index is 12.5. The second kappa shape index (κ2) is 6.92. The topological polar surface area (TPSA) is 71.2 Å². The van der Waals surface area contributed by atoms with Gasteiger partial charge < -0.3 is 16.0 Å². The number of likely N-dealkylation sites (tertiary alicyclic amines) is 1. The lowest BCUT2D eigenvalue weighted by Crippen LogP contribution is -2.31. The Kier molecular flexibility index (Phi) is 5.23. The van der Waals surface area contributed by atoms with Gasteiger partial charge in [0.1, 0.15) is 10.7 Å². The molecule has 20 heavy (non-hydrogen) atoms. The second-order valence-corrected chi connectivity index (χ2v) is 6.71. The first-order valence-electron chi connectivity index (χ1n) is 7.37. The van der Waals surface area contributed by atoms with Crippen molar-refractivity contribution < 1.29 is 4.79 Å². The van der Waals surface area contributed by atoms with Crippen LogP contribution in [0.2, 0.25) is 0 Å². The monoisotopic (exact) mass is 296 g/mol. The summed E-state index contributed by atoms with van der Waals surface area (Å²) in [4.78, 5) is 19.3. The molecule has 6 heteroatoms. The molecule has 1 aliphatic rings. The third kappa shape index (κ3) is 3.85. The molecule has 0 aliphatic carbocycles. The number of thiazole rings is 1. The summed E-state index contributed by atoms with van der Waals surface area (Å²) in [6, 6.07) is 0. The number of aromatic nitrogens is 1. The number of nitrogens with two attached hydrogens (primary N) is 1. The predicted octanol–water partition coefficient (Wildman–Crippen LogP) is 2.81. The van der Waals surface area contributed by atoms with Crippen molar-refractivity contribution in [2.45, 2.75) is 39.5 Å². The molecule has 0 aromatic carbocycles. The molecule has 3 N–H and O–H groups in total. The van der Waals surface area contributed by atoms with E-state index in [2.05, 4.69) is 24.1 Å². The van der Waals surface area contributed by atoms with Gasteiger partial charge in [-0.1, -0.05) is 38.0 Å². The minimum Gasteiger partial charge on any atom is -0.382 e. The summed E-state index contributed by atoms with van der Waals surface area (Å²) in [5, 5.41) is 3.98. The number of hydrogen-bond acceptors (Lipinski definition) is 5. The van der Waals surface area contributed by atoms with Gasteiger partial charge in [-0.25, -0.2) is 4.98 Å². The van der Waals surface area contributed by atoms with E-state index in [-0.39, 0.29) is 5.91 Å². The van der Waals surface area contributed by atoms with E-state index in [1.165, 1.54) is 24.2 Å². The van der Waals surface area contributed by atoms with Crippen molar-refractivity contribution in [1.29, 1.82) is 0 Å². The van der Waals surface area contributed by atoms with Gasteiger partial charge in [-0.15, -0.1) is 0 Å². The molecule has 1 aromatic rings. The number of rotatable bonds is 4. The molecular weight excluding hydrogens is 272 g/mol. The molecule has 2 heterocycles. The first-order valence-corrected chi connectivity index (χ1v) is 8.19. The van der Waals surface area contributed by atoms with Crippen molar-refractivity contribution >= 4 is 28.2 Å². The van der Waals surface area contributed by atoms with Crippen molar-refractivity contribution in [1.82, 2.24) is 9.88 Å². The average molecular weight is 296 g/mol. The zero-order chi connectivity index (χ0) is 14.5. The Labute approximate surface area is 124 Å². The van der Waals surface area contributed by atoms with E-state index in [0.29, 0.717) is 16.6 Å². The third-order valence-corrected chi connectivity index (χ3v) is 4.42. The molecule has 1 amide bonds. The van der Waals surface area contributed by atoms with Crippen LogP contribution < -0.4 is 11.1 Å². The van der Waals surface area contributed by atoms with Gasteiger partial charge in [-0.05, 0) is 18.8 Å². The first kappa shape index (κ1) is 15.1. The molecule has 1 fully saturated rings. The van der Waals surface area contributed by atoms with Crippen LogP contribution in [0.5, 0.6) is 0 Å². The summed E-state index contributed by atoms with van der Waals surface area (Å²) in [6.45, 7) is 6.78. The van der Waals surface area contributed by atoms with Crippen LogP contribution in [-0.4, -0.2) is 35.4 Å². The fourth-order valence-electron chi connectivity index (χ4n) is 2.27. The maximum atomic E-state index is 12.5. The highest BCUT2D eigenvalue weighted by molar-refractivity contribution is 7.18. The lowest BCUT2D eigenvalue weighted by Gasteiger charge is -2.19. The molecule has 0 spiro atoms. The van der Waals surface area contributed by atoms with Crippen LogP contribution >= 0.6 is 11.3 Å². The van der Waals surface area contributed by atoms with Gasteiger partial charge in [0.2, 0.25) is 0 Å². The van der Waals surface area contributed by atoms with Gasteiger partial charge in [-0.3, -0.25) is 4.79 Å². The molecule has 2 rings (SSSR count). The number of amides is 1. The van der Waals surface area contributed by atoms with E-state index in [9.17, 15) is 4.79 Å². The highest BCUT2D eigenvalue weighted by Gasteiger charge is 2.22. The number of carbonyl (C=O) groups is 1. The van der Waals surface area contributed by atoms with E-state index in [1.807, 2.05) is 4.90 Å². The molecular formula is C14H24N4OS. The van der Waals surface area contributed by atoms with E-state index in [0.717, 1.165) is 37.6 Å². The zero-order valence-electron chi connectivity index (χ0n) is 12.3. The predicted molar refractivity (Wildman–Crippen MR) is 84.2 cm³/mol. The van der Waals surface area contributed by atoms with Gasteiger partial charge in [0, 0.05) is 19.6 Å². The Morgan fingerprint density at radius 2 is 2.00 bits per heavy atom. The standard InChI is InChI=1S/C14H24N4OS/c1-10(2)9-16-14-17-12(15)11(20-14)13(19)18-7-5-3-4-6-8-18/h10H,3-9,15H2,1-2H3,(H,16,17). The number of nitrogen functional groups attached to an aromatic ring is 1. The minimum atomic E-state index is 0.0412. The van der Waals surface area contributed by atoms with E-state index < -0.39 is 0 Å². The van der Waals surface area contributed by atoms with Crippen molar-refractivity contribution in [2.24, 2.45) is 5.92 Å². The molecule has 1 aromatic heterocycles. The van der Waals surface area contributed by atoms with Crippen molar-refractivity contribution in [2.75, 3.05) is 30.7 Å². The molecule has 0 bridgehead atoms. The fraction of sp³-hybridized carbons (Fsp3) is 0.714. The molecule has 1 saturated heterocycles. The van der Waals surface area contributed by atoms with Gasteiger partial charge in [0.25, 0.3) is 5.91 Å². The largest absolute Gasteiger partial charge is 0.382 e. The summed E-state index contributed by atoms with van der Waals surface area (Å²) < 4.78 is 0. The average Bonchev–Trinajstić information content (AvgIpc) is 2.63. The fourth-order valence-corrected chi connectivity index (χ4v) is 3.13. The number of hydrogen-bond donors (Lipinski definition) is 2. The van der Waals surface area contributed by atoms with Crippen LogP contribution in [0.25, 0.3) is 0 Å². The summed E-state index contributed by atoms with van der Waals surface area (Å²) in [7, 11) is 0. The lowest BCUT2D eigenvalue weighted by atomic mass is 10.2. The molecule has 0 radical (unpaired) electrons. The number of nitrogens with zero attached hydrogens (tertiary/aromatic N) is 2. The first-order chi connectivity index (χ1) is 9.58. The Bertz CT molecular complexity index is 450. The second-order valence-electron chi connectivity index (χ2n) is 5.71. The van der Waals surface area contributed by atoms with Crippen LogP contribution in [0.15, 0.2) is 0 Å². The molecule has 0 atom stereocenters. The summed E-state index contributed by atoms with van der Waals surface area (Å²) in [5.74, 6) is 0.930. The van der Waals surface area contributed by atoms with Crippen LogP contribution in [0.4, 0.5) is 10.9 Å². The zero-order valence-corrected chi connectivity index (χ0v) is 13.1. The van der Waals surface area contributed by atoms with Crippen LogP contribution in [0.1, 0.15) is 49.2 Å². The van der Waals surface area contributed by atoms with Crippen molar-refractivity contribution in [3.63, 3.8) is 0 Å². The number of anilines is 2. The van der Waals surface area contributed by atoms with Crippen LogP contribution in [0, 0.1) is 5.92 Å². The molecule has 0 saturated carbocycles. The lowest BCUT2D eigenvalue weighted by molar-refractivity contribution is 0.0767. The van der Waals surface area contributed by atoms with Gasteiger partial charge in [-0.2, -0.15) is 0 Å². The van der Waals surface area contributed by atoms with Gasteiger partial charge in [0.15, 0.2) is 5.13 Å². The molecule has 1 aliphatic heterocycles. The van der Waals surface area contributed by atoms with E-state index >= 15 is 0 Å². The third-order valence-electron chi connectivity index (χ3n) is 3.40. The quantitative estimate of drug-likeness (QED) is 0.896. The van der Waals surface area contributed by atoms with E-state index in [4.69, 9.17) is 5.73 Å². The SMILES string of the molecule is CC(C)CNc1nc(N)c(C(=O)N2CCCCCC2)s1. The summed E-state index contributed by atoms with van der Waals surface area (Å²) >= 11 is 1.37. The maximum Gasteiger partial charge on any atom is 0.267 e. The van der Waals surface area contributed by atoms with Crippen molar-refractivity contribution in [3.8, 4) is 0 Å². The normalized spacial score (nSPS) is 16.2. The van der Waals surface area contributed by atoms with Gasteiger partial charge in [0.05, 0.1) is 0 Å². The molecule has 5 nitrogen and oxygen atoms in total.